The first-order valence-electron chi connectivity index (χ1n) is 6.92. The van der Waals surface area contributed by atoms with Crippen molar-refractivity contribution in [3.63, 3.8) is 0 Å². The van der Waals surface area contributed by atoms with Crippen LogP contribution in [-0.4, -0.2) is 39.6 Å². The van der Waals surface area contributed by atoms with E-state index in [-0.39, 0.29) is 34.0 Å². The Morgan fingerprint density at radius 3 is 2.29 bits per heavy atom. The Morgan fingerprint density at radius 1 is 1.17 bits per heavy atom. The van der Waals surface area contributed by atoms with Crippen molar-refractivity contribution >= 4 is 45.2 Å². The summed E-state index contributed by atoms with van der Waals surface area (Å²) in [5.74, 6) is -1.43. The average molecular weight is 398 g/mol. The molecule has 0 spiro atoms. The summed E-state index contributed by atoms with van der Waals surface area (Å²) in [6.45, 7) is 2.56. The van der Waals surface area contributed by atoms with E-state index in [9.17, 15) is 18.0 Å². The highest BCUT2D eigenvalue weighted by atomic mass is 35.5. The van der Waals surface area contributed by atoms with Crippen LogP contribution in [-0.2, 0) is 29.1 Å². The molecule has 0 aliphatic carbocycles. The summed E-state index contributed by atoms with van der Waals surface area (Å²) in [5.41, 5.74) is 0. The monoisotopic (exact) mass is 397 g/mol. The summed E-state index contributed by atoms with van der Waals surface area (Å²) in [5, 5.41) is -0.0667. The Labute approximate surface area is 150 Å². The van der Waals surface area contributed by atoms with Crippen molar-refractivity contribution in [2.75, 3.05) is 13.2 Å². The van der Waals surface area contributed by atoms with E-state index in [1.54, 1.807) is 13.8 Å². The van der Waals surface area contributed by atoms with Gasteiger partial charge >= 0.3 is 11.9 Å². The van der Waals surface area contributed by atoms with Crippen LogP contribution in [0.5, 0.6) is 0 Å². The van der Waals surface area contributed by atoms with Crippen molar-refractivity contribution in [3.05, 3.63) is 28.2 Å². The van der Waals surface area contributed by atoms with Gasteiger partial charge in [0.1, 0.15) is 4.90 Å². The van der Waals surface area contributed by atoms with E-state index in [1.807, 2.05) is 0 Å². The minimum atomic E-state index is -3.98. The summed E-state index contributed by atoms with van der Waals surface area (Å²) in [4.78, 5) is 22.4. The molecule has 0 bridgehead atoms. The zero-order valence-electron chi connectivity index (χ0n) is 13.0. The molecule has 0 amide bonds. The normalized spacial score (nSPS) is 11.4. The zero-order valence-corrected chi connectivity index (χ0v) is 15.4. The molecule has 0 aromatic heterocycles. The second-order valence-corrected chi connectivity index (χ2v) is 7.42. The lowest BCUT2D eigenvalue weighted by atomic mass is 10.4. The van der Waals surface area contributed by atoms with E-state index in [0.717, 1.165) is 0 Å². The highest BCUT2D eigenvalue weighted by molar-refractivity contribution is 7.89. The summed E-state index contributed by atoms with van der Waals surface area (Å²) in [7, 11) is -3.98. The maximum Gasteiger partial charge on any atom is 0.344 e. The number of hydrogen-bond acceptors (Lipinski definition) is 6. The number of hydrogen-bond donors (Lipinski definition) is 1. The van der Waals surface area contributed by atoms with Gasteiger partial charge < -0.3 is 9.47 Å². The van der Waals surface area contributed by atoms with Gasteiger partial charge in [0.2, 0.25) is 10.0 Å². The predicted molar refractivity (Wildman–Crippen MR) is 88.5 cm³/mol. The van der Waals surface area contributed by atoms with Gasteiger partial charge in [0.15, 0.2) is 6.61 Å². The van der Waals surface area contributed by atoms with Gasteiger partial charge in [-0.25, -0.2) is 17.9 Å². The van der Waals surface area contributed by atoms with Gasteiger partial charge in [-0.05, 0) is 26.0 Å². The number of benzene rings is 1. The second kappa shape index (κ2) is 9.22. The SMILES string of the molecule is CC(C)OC(=O)COC(=O)CCNS(=O)(=O)c1c(Cl)cccc1Cl. The minimum absolute atomic E-state index is 0.0333. The van der Waals surface area contributed by atoms with Crippen molar-refractivity contribution in [1.82, 2.24) is 4.72 Å². The third kappa shape index (κ3) is 6.64. The van der Waals surface area contributed by atoms with Crippen LogP contribution in [0.15, 0.2) is 23.1 Å². The van der Waals surface area contributed by atoms with Gasteiger partial charge in [-0.2, -0.15) is 0 Å². The molecule has 0 saturated carbocycles. The van der Waals surface area contributed by atoms with Gasteiger partial charge in [0.05, 0.1) is 22.6 Å². The second-order valence-electron chi connectivity index (χ2n) is 4.90. The third-order valence-electron chi connectivity index (χ3n) is 2.53. The molecule has 134 valence electrons. The van der Waals surface area contributed by atoms with Gasteiger partial charge in [-0.15, -0.1) is 0 Å². The fourth-order valence-electron chi connectivity index (χ4n) is 1.61. The average Bonchev–Trinajstić information content (AvgIpc) is 2.43. The van der Waals surface area contributed by atoms with Crippen molar-refractivity contribution in [1.29, 1.82) is 0 Å². The lowest BCUT2D eigenvalue weighted by molar-refractivity contribution is -0.161. The third-order valence-corrected chi connectivity index (χ3v) is 4.94. The van der Waals surface area contributed by atoms with Crippen LogP contribution in [0.3, 0.4) is 0 Å². The number of ether oxygens (including phenoxy) is 2. The Morgan fingerprint density at radius 2 is 1.75 bits per heavy atom. The molecule has 1 N–H and O–H groups in total. The molecule has 0 unspecified atom stereocenters. The van der Waals surface area contributed by atoms with Gasteiger partial charge in [-0.1, -0.05) is 29.3 Å². The number of rotatable bonds is 8. The molecular weight excluding hydrogens is 381 g/mol. The maximum atomic E-state index is 12.1. The number of sulfonamides is 1. The Bertz CT molecular complexity index is 685. The van der Waals surface area contributed by atoms with Crippen LogP contribution < -0.4 is 4.72 Å². The number of carbonyl (C=O) groups is 2. The topological polar surface area (TPSA) is 98.8 Å². The minimum Gasteiger partial charge on any atom is -0.460 e. The van der Waals surface area contributed by atoms with Crippen LogP contribution in [0.4, 0.5) is 0 Å². The number of carbonyl (C=O) groups excluding carboxylic acids is 2. The van der Waals surface area contributed by atoms with Crippen molar-refractivity contribution in [3.8, 4) is 0 Å². The van der Waals surface area contributed by atoms with E-state index in [4.69, 9.17) is 27.9 Å². The van der Waals surface area contributed by atoms with Gasteiger partial charge in [0, 0.05) is 6.54 Å². The van der Waals surface area contributed by atoms with E-state index in [0.29, 0.717) is 0 Å². The number of nitrogens with one attached hydrogen (secondary N) is 1. The quantitative estimate of drug-likeness (QED) is 0.674. The van der Waals surface area contributed by atoms with E-state index < -0.39 is 28.6 Å². The van der Waals surface area contributed by atoms with E-state index >= 15 is 0 Å². The fraction of sp³-hybridized carbons (Fsp3) is 0.429. The Kier molecular flexibility index (Phi) is 7.95. The highest BCUT2D eigenvalue weighted by Gasteiger charge is 2.21. The highest BCUT2D eigenvalue weighted by Crippen LogP contribution is 2.28. The standard InChI is InChI=1S/C14H17Cl2NO6S/c1-9(2)23-13(19)8-22-12(18)6-7-17-24(20,21)14-10(15)4-3-5-11(14)16/h3-5,9,17H,6-8H2,1-2H3. The Balaban J connectivity index is 2.49. The number of halogens is 2. The van der Waals surface area contributed by atoms with E-state index in [2.05, 4.69) is 9.46 Å². The fourth-order valence-corrected chi connectivity index (χ4v) is 3.78. The summed E-state index contributed by atoms with van der Waals surface area (Å²) in [6.07, 6.45) is -0.584. The van der Waals surface area contributed by atoms with Crippen molar-refractivity contribution in [2.45, 2.75) is 31.3 Å². The molecule has 0 saturated heterocycles. The molecule has 0 radical (unpaired) electrons. The first-order valence-corrected chi connectivity index (χ1v) is 9.16. The summed E-state index contributed by atoms with van der Waals surface area (Å²) in [6, 6.07) is 4.28. The van der Waals surface area contributed by atoms with Crippen molar-refractivity contribution in [2.24, 2.45) is 0 Å². The molecule has 1 aromatic carbocycles. The molecular formula is C14H17Cl2NO6S. The van der Waals surface area contributed by atoms with Crippen LogP contribution in [0.2, 0.25) is 10.0 Å². The summed E-state index contributed by atoms with van der Waals surface area (Å²) < 4.78 is 35.9. The van der Waals surface area contributed by atoms with Gasteiger partial charge in [0.25, 0.3) is 0 Å². The smallest absolute Gasteiger partial charge is 0.344 e. The molecule has 0 atom stereocenters. The molecule has 7 nitrogen and oxygen atoms in total. The van der Waals surface area contributed by atoms with Crippen LogP contribution >= 0.6 is 23.2 Å². The van der Waals surface area contributed by atoms with Crippen LogP contribution in [0, 0.1) is 0 Å². The first-order chi connectivity index (χ1) is 11.1. The largest absolute Gasteiger partial charge is 0.460 e. The van der Waals surface area contributed by atoms with Crippen LogP contribution in [0.25, 0.3) is 0 Å². The lowest BCUT2D eigenvalue weighted by Crippen LogP contribution is -2.28. The molecule has 0 fully saturated rings. The number of esters is 2. The lowest BCUT2D eigenvalue weighted by Gasteiger charge is -2.10. The molecule has 0 aliphatic heterocycles. The van der Waals surface area contributed by atoms with Crippen LogP contribution in [0.1, 0.15) is 20.3 Å². The maximum absolute atomic E-state index is 12.1. The molecule has 1 aromatic rings. The van der Waals surface area contributed by atoms with Gasteiger partial charge in [-0.3, -0.25) is 4.79 Å². The summed E-state index contributed by atoms with van der Waals surface area (Å²) >= 11 is 11.7. The molecule has 1 rings (SSSR count). The van der Waals surface area contributed by atoms with Crippen molar-refractivity contribution < 1.29 is 27.5 Å². The van der Waals surface area contributed by atoms with E-state index in [1.165, 1.54) is 18.2 Å². The predicted octanol–water partition coefficient (Wildman–Crippen LogP) is 2.16. The zero-order chi connectivity index (χ0) is 18.3. The molecule has 0 heterocycles. The molecule has 24 heavy (non-hydrogen) atoms. The molecule has 0 aliphatic rings. The molecule has 10 heteroatoms. The first kappa shape index (κ1) is 20.7. The Hall–Kier alpha value is -1.35.